The van der Waals surface area contributed by atoms with Crippen LogP contribution < -0.4 is 0 Å². The third-order valence-electron chi connectivity index (χ3n) is 3.73. The standard InChI is InChI=1S/C17H22O/c1-5-6-7-13-10-12-8-9-14(17(2,3)4)11-15(12)16(13)18/h5-6,8-9,11,13H,7,10H2,1-4H3. The first-order chi connectivity index (χ1) is 8.43. The van der Waals surface area contributed by atoms with Crippen LogP contribution in [0.4, 0.5) is 0 Å². The van der Waals surface area contributed by atoms with Crippen molar-refractivity contribution in [3.8, 4) is 0 Å². The zero-order valence-electron chi connectivity index (χ0n) is 11.8. The highest BCUT2D eigenvalue weighted by Crippen LogP contribution is 2.33. The third-order valence-corrected chi connectivity index (χ3v) is 3.73. The Morgan fingerprint density at radius 3 is 2.67 bits per heavy atom. The molecule has 1 atom stereocenters. The van der Waals surface area contributed by atoms with E-state index in [0.29, 0.717) is 5.78 Å². The Morgan fingerprint density at radius 1 is 1.33 bits per heavy atom. The van der Waals surface area contributed by atoms with Crippen molar-refractivity contribution in [1.82, 2.24) is 0 Å². The van der Waals surface area contributed by atoms with Gasteiger partial charge < -0.3 is 0 Å². The fourth-order valence-electron chi connectivity index (χ4n) is 2.52. The normalized spacial score (nSPS) is 19.6. The molecule has 1 unspecified atom stereocenters. The van der Waals surface area contributed by atoms with Gasteiger partial charge in [0.05, 0.1) is 0 Å². The van der Waals surface area contributed by atoms with Crippen LogP contribution in [0.5, 0.6) is 0 Å². The van der Waals surface area contributed by atoms with E-state index in [1.807, 2.05) is 13.0 Å². The van der Waals surface area contributed by atoms with Crippen LogP contribution in [0.15, 0.2) is 30.4 Å². The van der Waals surface area contributed by atoms with Crippen molar-refractivity contribution < 1.29 is 4.79 Å². The molecule has 2 rings (SSSR count). The second-order valence-electron chi connectivity index (χ2n) is 6.19. The maximum atomic E-state index is 12.3. The van der Waals surface area contributed by atoms with Gasteiger partial charge >= 0.3 is 0 Å². The number of carbonyl (C=O) groups excluding carboxylic acids is 1. The molecule has 96 valence electrons. The van der Waals surface area contributed by atoms with Gasteiger partial charge in [0.2, 0.25) is 0 Å². The summed E-state index contributed by atoms with van der Waals surface area (Å²) in [4.78, 5) is 12.3. The van der Waals surface area contributed by atoms with E-state index in [1.54, 1.807) is 0 Å². The number of hydrogen-bond donors (Lipinski definition) is 0. The molecule has 0 spiro atoms. The smallest absolute Gasteiger partial charge is 0.166 e. The molecule has 0 saturated heterocycles. The molecular weight excluding hydrogens is 220 g/mol. The van der Waals surface area contributed by atoms with Gasteiger partial charge in [-0.25, -0.2) is 0 Å². The first kappa shape index (κ1) is 13.1. The van der Waals surface area contributed by atoms with E-state index in [4.69, 9.17) is 0 Å². The van der Waals surface area contributed by atoms with Gasteiger partial charge in [-0.1, -0.05) is 45.1 Å². The summed E-state index contributed by atoms with van der Waals surface area (Å²) in [6.07, 6.45) is 5.90. The van der Waals surface area contributed by atoms with E-state index in [0.717, 1.165) is 18.4 Å². The van der Waals surface area contributed by atoms with Crippen molar-refractivity contribution in [2.45, 2.75) is 46.0 Å². The zero-order chi connectivity index (χ0) is 13.3. The number of hydrogen-bond acceptors (Lipinski definition) is 1. The molecule has 1 nitrogen and oxygen atoms in total. The van der Waals surface area contributed by atoms with Crippen molar-refractivity contribution in [3.05, 3.63) is 47.0 Å². The largest absolute Gasteiger partial charge is 0.294 e. The van der Waals surface area contributed by atoms with Gasteiger partial charge in [-0.3, -0.25) is 4.79 Å². The fourth-order valence-corrected chi connectivity index (χ4v) is 2.52. The molecule has 1 aromatic rings. The molecule has 0 aromatic heterocycles. The summed E-state index contributed by atoms with van der Waals surface area (Å²) >= 11 is 0. The van der Waals surface area contributed by atoms with Crippen LogP contribution in [0.1, 0.15) is 55.6 Å². The number of carbonyl (C=O) groups is 1. The average molecular weight is 242 g/mol. The molecule has 0 fully saturated rings. The van der Waals surface area contributed by atoms with Gasteiger partial charge in [-0.2, -0.15) is 0 Å². The highest BCUT2D eigenvalue weighted by Gasteiger charge is 2.30. The van der Waals surface area contributed by atoms with Gasteiger partial charge in [0, 0.05) is 11.5 Å². The SMILES string of the molecule is CC=CCC1Cc2ccc(C(C)(C)C)cc2C1=O. The lowest BCUT2D eigenvalue weighted by atomic mass is 9.85. The Kier molecular flexibility index (Phi) is 3.43. The third kappa shape index (κ3) is 2.40. The minimum absolute atomic E-state index is 0.108. The van der Waals surface area contributed by atoms with Gasteiger partial charge in [-0.15, -0.1) is 0 Å². The second-order valence-corrected chi connectivity index (χ2v) is 6.19. The van der Waals surface area contributed by atoms with Crippen molar-refractivity contribution in [3.63, 3.8) is 0 Å². The molecule has 0 saturated carbocycles. The molecule has 1 aromatic carbocycles. The molecule has 0 amide bonds. The number of rotatable bonds is 2. The Morgan fingerprint density at radius 2 is 2.06 bits per heavy atom. The van der Waals surface area contributed by atoms with Crippen LogP contribution >= 0.6 is 0 Å². The lowest BCUT2D eigenvalue weighted by Crippen LogP contribution is -2.12. The van der Waals surface area contributed by atoms with E-state index < -0.39 is 0 Å². The van der Waals surface area contributed by atoms with E-state index in [2.05, 4.69) is 45.0 Å². The van der Waals surface area contributed by atoms with E-state index in [1.165, 1.54) is 11.1 Å². The van der Waals surface area contributed by atoms with Gasteiger partial charge in [0.1, 0.15) is 0 Å². The first-order valence-corrected chi connectivity index (χ1v) is 6.72. The van der Waals surface area contributed by atoms with Crippen molar-refractivity contribution in [2.24, 2.45) is 5.92 Å². The van der Waals surface area contributed by atoms with Crippen LogP contribution in [0.25, 0.3) is 0 Å². The molecule has 0 heterocycles. The summed E-state index contributed by atoms with van der Waals surface area (Å²) in [5.41, 5.74) is 3.54. The number of fused-ring (bicyclic) bond motifs is 1. The lowest BCUT2D eigenvalue weighted by molar-refractivity contribution is 0.0938. The first-order valence-electron chi connectivity index (χ1n) is 6.72. The van der Waals surface area contributed by atoms with E-state index in [-0.39, 0.29) is 11.3 Å². The monoisotopic (exact) mass is 242 g/mol. The number of benzene rings is 1. The molecule has 1 aliphatic carbocycles. The molecule has 0 aliphatic heterocycles. The Balaban J connectivity index is 2.30. The second kappa shape index (κ2) is 4.72. The van der Waals surface area contributed by atoms with Crippen LogP contribution in [-0.2, 0) is 11.8 Å². The maximum Gasteiger partial charge on any atom is 0.166 e. The van der Waals surface area contributed by atoms with Gasteiger partial charge in [0.25, 0.3) is 0 Å². The quantitative estimate of drug-likeness (QED) is 0.706. The summed E-state index contributed by atoms with van der Waals surface area (Å²) in [6, 6.07) is 6.42. The predicted molar refractivity (Wildman–Crippen MR) is 76.1 cm³/mol. The van der Waals surface area contributed by atoms with E-state index in [9.17, 15) is 4.79 Å². The summed E-state index contributed by atoms with van der Waals surface area (Å²) in [7, 11) is 0. The summed E-state index contributed by atoms with van der Waals surface area (Å²) < 4.78 is 0. The van der Waals surface area contributed by atoms with Gasteiger partial charge in [0.15, 0.2) is 5.78 Å². The molecular formula is C17H22O. The van der Waals surface area contributed by atoms with Crippen molar-refractivity contribution in [2.75, 3.05) is 0 Å². The Hall–Kier alpha value is -1.37. The average Bonchev–Trinajstić information content (AvgIpc) is 2.62. The lowest BCUT2D eigenvalue weighted by Gasteiger charge is -2.19. The van der Waals surface area contributed by atoms with Crippen LogP contribution in [-0.4, -0.2) is 5.78 Å². The molecule has 0 radical (unpaired) electrons. The highest BCUT2D eigenvalue weighted by atomic mass is 16.1. The summed E-state index contributed by atoms with van der Waals surface area (Å²) in [5, 5.41) is 0. The van der Waals surface area contributed by atoms with Gasteiger partial charge in [-0.05, 0) is 42.4 Å². The summed E-state index contributed by atoms with van der Waals surface area (Å²) in [5.74, 6) is 0.487. The van der Waals surface area contributed by atoms with Crippen molar-refractivity contribution in [1.29, 1.82) is 0 Å². The van der Waals surface area contributed by atoms with E-state index >= 15 is 0 Å². The summed E-state index contributed by atoms with van der Waals surface area (Å²) in [6.45, 7) is 8.56. The Labute approximate surface area is 110 Å². The predicted octanol–water partition coefficient (Wildman–Crippen LogP) is 4.31. The maximum absolute atomic E-state index is 12.3. The number of ketones is 1. The topological polar surface area (TPSA) is 17.1 Å². The minimum atomic E-state index is 0.108. The molecule has 0 N–H and O–H groups in total. The molecule has 1 aliphatic rings. The fraction of sp³-hybridized carbons (Fsp3) is 0.471. The van der Waals surface area contributed by atoms with Crippen LogP contribution in [0, 0.1) is 5.92 Å². The van der Waals surface area contributed by atoms with Crippen LogP contribution in [0.3, 0.4) is 0 Å². The molecule has 0 bridgehead atoms. The number of allylic oxidation sites excluding steroid dienone is 2. The minimum Gasteiger partial charge on any atom is -0.294 e. The zero-order valence-corrected chi connectivity index (χ0v) is 11.8. The Bertz CT molecular complexity index is 489. The molecule has 1 heteroatoms. The van der Waals surface area contributed by atoms with Crippen LogP contribution in [0.2, 0.25) is 0 Å². The highest BCUT2D eigenvalue weighted by molar-refractivity contribution is 6.02. The molecule has 18 heavy (non-hydrogen) atoms. The number of Topliss-reactive ketones (excluding diaryl/α,β-unsaturated/α-hetero) is 1. The van der Waals surface area contributed by atoms with Crippen molar-refractivity contribution >= 4 is 5.78 Å².